The van der Waals surface area contributed by atoms with Gasteiger partial charge in [-0.2, -0.15) is 0 Å². The van der Waals surface area contributed by atoms with Crippen LogP contribution in [0.15, 0.2) is 72.8 Å². The van der Waals surface area contributed by atoms with Gasteiger partial charge >= 0.3 is 0 Å². The lowest BCUT2D eigenvalue weighted by Crippen LogP contribution is -2.26. The number of hydrogen-bond acceptors (Lipinski definition) is 3. The minimum atomic E-state index is -0.152. The van der Waals surface area contributed by atoms with Crippen LogP contribution in [0.1, 0.15) is 40.0 Å². The topological polar surface area (TPSA) is 70.2 Å². The number of aryl methyl sites for hydroxylation is 1. The summed E-state index contributed by atoms with van der Waals surface area (Å²) in [6, 6.07) is 22.6. The minimum Gasteiger partial charge on any atom is -0.376 e. The zero-order valence-electron chi connectivity index (χ0n) is 17.5. The molecule has 3 rings (SSSR count). The second kappa shape index (κ2) is 9.74. The van der Waals surface area contributed by atoms with Crippen molar-refractivity contribution in [1.82, 2.24) is 5.32 Å². The second-order valence-electron chi connectivity index (χ2n) is 7.33. The Morgan fingerprint density at radius 1 is 0.867 bits per heavy atom. The van der Waals surface area contributed by atoms with Crippen molar-refractivity contribution in [2.45, 2.75) is 26.8 Å². The lowest BCUT2D eigenvalue weighted by atomic mass is 10.1. The Bertz CT molecular complexity index is 1010. The van der Waals surface area contributed by atoms with Crippen molar-refractivity contribution in [1.29, 1.82) is 0 Å². The smallest absolute Gasteiger partial charge is 0.251 e. The molecule has 0 aliphatic heterocycles. The zero-order chi connectivity index (χ0) is 21.5. The molecule has 5 heteroatoms. The van der Waals surface area contributed by atoms with E-state index >= 15 is 0 Å². The summed E-state index contributed by atoms with van der Waals surface area (Å²) in [5.41, 5.74) is 5.50. The van der Waals surface area contributed by atoms with E-state index in [9.17, 15) is 9.59 Å². The first-order valence-corrected chi connectivity index (χ1v) is 10.00. The number of hydrogen-bond donors (Lipinski definition) is 3. The van der Waals surface area contributed by atoms with E-state index in [1.165, 1.54) is 5.56 Å². The molecule has 0 saturated carbocycles. The van der Waals surface area contributed by atoms with Gasteiger partial charge < -0.3 is 16.0 Å². The lowest BCUT2D eigenvalue weighted by molar-refractivity contribution is -0.114. The largest absolute Gasteiger partial charge is 0.376 e. The molecular formula is C25H27N3O2. The molecular weight excluding hydrogens is 374 g/mol. The maximum atomic E-state index is 12.5. The van der Waals surface area contributed by atoms with E-state index in [2.05, 4.69) is 16.0 Å². The highest BCUT2D eigenvalue weighted by Crippen LogP contribution is 2.18. The quantitative estimate of drug-likeness (QED) is 0.530. The molecule has 3 N–H and O–H groups in total. The van der Waals surface area contributed by atoms with Crippen molar-refractivity contribution in [3.05, 3.63) is 95.1 Å². The highest BCUT2D eigenvalue weighted by molar-refractivity contribution is 5.96. The minimum absolute atomic E-state index is 0.0887. The van der Waals surface area contributed by atoms with Crippen LogP contribution in [0.2, 0.25) is 0 Å². The van der Waals surface area contributed by atoms with E-state index in [1.807, 2.05) is 69.3 Å². The van der Waals surface area contributed by atoms with Crippen LogP contribution in [0.4, 0.5) is 11.4 Å². The fourth-order valence-corrected chi connectivity index (χ4v) is 3.13. The average molecular weight is 402 g/mol. The van der Waals surface area contributed by atoms with Crippen molar-refractivity contribution in [3.8, 4) is 0 Å². The Labute approximate surface area is 177 Å². The fourth-order valence-electron chi connectivity index (χ4n) is 3.13. The molecule has 0 bridgehead atoms. The first kappa shape index (κ1) is 21.1. The Hall–Kier alpha value is -3.60. The molecule has 0 aromatic heterocycles. The first-order chi connectivity index (χ1) is 14.4. The molecule has 1 atom stereocenters. The molecule has 0 fully saturated rings. The van der Waals surface area contributed by atoms with Gasteiger partial charge in [0.1, 0.15) is 0 Å². The van der Waals surface area contributed by atoms with E-state index in [-0.39, 0.29) is 24.4 Å². The Morgan fingerprint density at radius 2 is 1.57 bits per heavy atom. The van der Waals surface area contributed by atoms with Crippen LogP contribution in [0, 0.1) is 13.8 Å². The average Bonchev–Trinajstić information content (AvgIpc) is 2.76. The summed E-state index contributed by atoms with van der Waals surface area (Å²) in [5, 5.41) is 8.99. The van der Waals surface area contributed by atoms with Gasteiger partial charge in [0, 0.05) is 16.9 Å². The molecule has 0 radical (unpaired) electrons. The molecule has 1 unspecified atom stereocenters. The van der Waals surface area contributed by atoms with Gasteiger partial charge in [0.15, 0.2) is 0 Å². The van der Waals surface area contributed by atoms with Gasteiger partial charge in [-0.05, 0) is 67.8 Å². The summed E-state index contributed by atoms with van der Waals surface area (Å²) in [6.45, 7) is 6.18. The number of rotatable bonds is 7. The molecule has 2 amide bonds. The monoisotopic (exact) mass is 401 g/mol. The highest BCUT2D eigenvalue weighted by Gasteiger charge is 2.11. The molecule has 5 nitrogen and oxygen atoms in total. The normalized spacial score (nSPS) is 11.4. The predicted molar refractivity (Wildman–Crippen MR) is 122 cm³/mol. The predicted octanol–water partition coefficient (Wildman–Crippen LogP) is 4.85. The van der Waals surface area contributed by atoms with Crippen LogP contribution in [-0.2, 0) is 4.79 Å². The van der Waals surface area contributed by atoms with Gasteiger partial charge in [-0.15, -0.1) is 0 Å². The van der Waals surface area contributed by atoms with Crippen LogP contribution in [-0.4, -0.2) is 18.4 Å². The van der Waals surface area contributed by atoms with Gasteiger partial charge in [0.05, 0.1) is 12.6 Å². The Balaban J connectivity index is 1.53. The van der Waals surface area contributed by atoms with Crippen molar-refractivity contribution < 1.29 is 9.59 Å². The highest BCUT2D eigenvalue weighted by atomic mass is 16.2. The SMILES string of the molecule is Cc1cccc(NCC(=O)Nc2ccc(C(=O)NC(C)c3ccccc3)cc2)c1C. The number of anilines is 2. The van der Waals surface area contributed by atoms with Crippen LogP contribution in [0.3, 0.4) is 0 Å². The van der Waals surface area contributed by atoms with Crippen molar-refractivity contribution in [2.24, 2.45) is 0 Å². The molecule has 30 heavy (non-hydrogen) atoms. The molecule has 0 aliphatic carbocycles. The Kier molecular flexibility index (Phi) is 6.86. The maximum Gasteiger partial charge on any atom is 0.251 e. The third kappa shape index (κ3) is 5.47. The summed E-state index contributed by atoms with van der Waals surface area (Å²) in [6.07, 6.45) is 0. The summed E-state index contributed by atoms with van der Waals surface area (Å²) >= 11 is 0. The van der Waals surface area contributed by atoms with E-state index < -0.39 is 0 Å². The summed E-state index contributed by atoms with van der Waals surface area (Å²) in [4.78, 5) is 24.7. The van der Waals surface area contributed by atoms with Gasteiger partial charge in [-0.3, -0.25) is 9.59 Å². The zero-order valence-corrected chi connectivity index (χ0v) is 17.5. The van der Waals surface area contributed by atoms with Crippen molar-refractivity contribution in [3.63, 3.8) is 0 Å². The molecule has 0 saturated heterocycles. The maximum absolute atomic E-state index is 12.5. The van der Waals surface area contributed by atoms with Crippen LogP contribution in [0.25, 0.3) is 0 Å². The number of nitrogens with one attached hydrogen (secondary N) is 3. The molecule has 154 valence electrons. The van der Waals surface area contributed by atoms with Gasteiger partial charge in [-0.25, -0.2) is 0 Å². The Morgan fingerprint density at radius 3 is 2.27 bits per heavy atom. The van der Waals surface area contributed by atoms with E-state index in [0.717, 1.165) is 16.8 Å². The number of carbonyl (C=O) groups excluding carboxylic acids is 2. The third-order valence-corrected chi connectivity index (χ3v) is 5.12. The van der Waals surface area contributed by atoms with Crippen LogP contribution >= 0.6 is 0 Å². The van der Waals surface area contributed by atoms with E-state index in [1.54, 1.807) is 24.3 Å². The summed E-state index contributed by atoms with van der Waals surface area (Å²) in [7, 11) is 0. The fraction of sp³-hybridized carbons (Fsp3) is 0.200. The van der Waals surface area contributed by atoms with Crippen LogP contribution in [0.5, 0.6) is 0 Å². The number of carbonyl (C=O) groups is 2. The molecule has 3 aromatic carbocycles. The third-order valence-electron chi connectivity index (χ3n) is 5.12. The van der Waals surface area contributed by atoms with Gasteiger partial charge in [0.25, 0.3) is 5.91 Å². The standard InChI is InChI=1S/C25H27N3O2/c1-17-8-7-11-23(18(17)2)26-16-24(29)28-22-14-12-21(13-15-22)25(30)27-19(3)20-9-5-4-6-10-20/h4-15,19,26H,16H2,1-3H3,(H,27,30)(H,28,29). The number of benzene rings is 3. The molecule has 3 aromatic rings. The van der Waals surface area contributed by atoms with Crippen molar-refractivity contribution in [2.75, 3.05) is 17.2 Å². The summed E-state index contributed by atoms with van der Waals surface area (Å²) < 4.78 is 0. The molecule has 0 heterocycles. The summed E-state index contributed by atoms with van der Waals surface area (Å²) in [5.74, 6) is -0.299. The lowest BCUT2D eigenvalue weighted by Gasteiger charge is -2.14. The second-order valence-corrected chi connectivity index (χ2v) is 7.33. The first-order valence-electron chi connectivity index (χ1n) is 10.00. The van der Waals surface area contributed by atoms with E-state index in [0.29, 0.717) is 11.3 Å². The van der Waals surface area contributed by atoms with Gasteiger partial charge in [0.2, 0.25) is 5.91 Å². The van der Waals surface area contributed by atoms with Crippen LogP contribution < -0.4 is 16.0 Å². The van der Waals surface area contributed by atoms with Gasteiger partial charge in [-0.1, -0.05) is 42.5 Å². The number of amides is 2. The molecule has 0 aliphatic rings. The van der Waals surface area contributed by atoms with E-state index in [4.69, 9.17) is 0 Å². The van der Waals surface area contributed by atoms with Crippen molar-refractivity contribution >= 4 is 23.2 Å². The molecule has 0 spiro atoms.